The Hall–Kier alpha value is -1.59. The molecule has 0 aromatic heterocycles. The van der Waals surface area contributed by atoms with Gasteiger partial charge in [-0.1, -0.05) is 6.07 Å². The number of carbonyl (C=O) groups is 1. The molecule has 0 aliphatic carbocycles. The van der Waals surface area contributed by atoms with Crippen LogP contribution in [0.25, 0.3) is 0 Å². The molecule has 20 heavy (non-hydrogen) atoms. The van der Waals surface area contributed by atoms with Crippen LogP contribution in [0.4, 0.5) is 0 Å². The van der Waals surface area contributed by atoms with Gasteiger partial charge in [-0.05, 0) is 19.1 Å². The third-order valence-corrected chi connectivity index (χ3v) is 4.41. The largest absolute Gasteiger partial charge is 0.508 e. The van der Waals surface area contributed by atoms with E-state index < -0.39 is 0 Å². The molecule has 108 valence electrons. The van der Waals surface area contributed by atoms with Crippen molar-refractivity contribution in [1.82, 2.24) is 15.1 Å². The Balaban J connectivity index is 1.65. The predicted molar refractivity (Wildman–Crippen MR) is 77.0 cm³/mol. The number of hydrogen-bond acceptors (Lipinski definition) is 4. The molecule has 3 rings (SSSR count). The normalized spacial score (nSPS) is 20.8. The van der Waals surface area contributed by atoms with Crippen LogP contribution in [0.5, 0.6) is 5.75 Å². The molecule has 0 saturated carbocycles. The molecular weight excluding hydrogens is 254 g/mol. The van der Waals surface area contributed by atoms with Crippen molar-refractivity contribution < 1.29 is 9.90 Å². The maximum absolute atomic E-state index is 12.5. The summed E-state index contributed by atoms with van der Waals surface area (Å²) >= 11 is 0. The average molecular weight is 275 g/mol. The third-order valence-electron chi connectivity index (χ3n) is 4.41. The Morgan fingerprint density at radius 2 is 1.95 bits per heavy atom. The Kier molecular flexibility index (Phi) is 3.63. The van der Waals surface area contributed by atoms with E-state index in [1.807, 2.05) is 4.90 Å². The first kappa shape index (κ1) is 13.4. The van der Waals surface area contributed by atoms with Gasteiger partial charge in [-0.25, -0.2) is 0 Å². The van der Waals surface area contributed by atoms with E-state index in [1.54, 1.807) is 25.1 Å². The van der Waals surface area contributed by atoms with Crippen molar-refractivity contribution in [3.8, 4) is 5.75 Å². The Bertz CT molecular complexity index is 506. The minimum absolute atomic E-state index is 0.0322. The van der Waals surface area contributed by atoms with Gasteiger partial charge < -0.3 is 15.3 Å². The number of phenolic OH excluding ortho intramolecular Hbond substituents is 1. The fourth-order valence-electron chi connectivity index (χ4n) is 2.85. The van der Waals surface area contributed by atoms with Gasteiger partial charge in [-0.2, -0.15) is 0 Å². The monoisotopic (exact) mass is 275 g/mol. The van der Waals surface area contributed by atoms with E-state index in [2.05, 4.69) is 10.2 Å². The fourth-order valence-corrected chi connectivity index (χ4v) is 2.85. The highest BCUT2D eigenvalue weighted by atomic mass is 16.3. The minimum atomic E-state index is 0.0322. The first-order chi connectivity index (χ1) is 9.66. The molecule has 2 N–H and O–H groups in total. The second kappa shape index (κ2) is 5.42. The molecule has 0 spiro atoms. The molecule has 1 amide bonds. The van der Waals surface area contributed by atoms with Crippen molar-refractivity contribution in [3.05, 3.63) is 29.3 Å². The van der Waals surface area contributed by atoms with Crippen molar-refractivity contribution in [2.24, 2.45) is 0 Å². The summed E-state index contributed by atoms with van der Waals surface area (Å²) in [5, 5.41) is 13.0. The number of carbonyl (C=O) groups excluding carboxylic acids is 1. The molecular formula is C15H21N3O2. The summed E-state index contributed by atoms with van der Waals surface area (Å²) in [4.78, 5) is 16.9. The Morgan fingerprint density at radius 1 is 1.25 bits per heavy atom. The molecule has 5 heteroatoms. The van der Waals surface area contributed by atoms with Crippen LogP contribution < -0.4 is 5.32 Å². The van der Waals surface area contributed by atoms with Crippen LogP contribution in [-0.2, 0) is 0 Å². The fraction of sp³-hybridized carbons (Fsp3) is 0.533. The first-order valence-corrected chi connectivity index (χ1v) is 7.19. The quantitative estimate of drug-likeness (QED) is 0.822. The van der Waals surface area contributed by atoms with Crippen LogP contribution in [0, 0.1) is 6.92 Å². The molecule has 0 bridgehead atoms. The van der Waals surface area contributed by atoms with Crippen molar-refractivity contribution >= 4 is 5.91 Å². The summed E-state index contributed by atoms with van der Waals surface area (Å²) in [7, 11) is 0. The van der Waals surface area contributed by atoms with Gasteiger partial charge in [0.15, 0.2) is 0 Å². The van der Waals surface area contributed by atoms with Crippen molar-refractivity contribution in [3.63, 3.8) is 0 Å². The minimum Gasteiger partial charge on any atom is -0.508 e. The molecule has 1 aromatic rings. The van der Waals surface area contributed by atoms with E-state index in [4.69, 9.17) is 0 Å². The molecule has 2 heterocycles. The summed E-state index contributed by atoms with van der Waals surface area (Å²) in [6.07, 6.45) is 0. The number of amides is 1. The first-order valence-electron chi connectivity index (χ1n) is 7.19. The van der Waals surface area contributed by atoms with E-state index in [0.717, 1.165) is 39.3 Å². The summed E-state index contributed by atoms with van der Waals surface area (Å²) in [5.74, 6) is 0.222. The Morgan fingerprint density at radius 3 is 2.55 bits per heavy atom. The summed E-state index contributed by atoms with van der Waals surface area (Å²) in [6, 6.07) is 5.79. The van der Waals surface area contributed by atoms with Gasteiger partial charge in [0.05, 0.1) is 0 Å². The van der Waals surface area contributed by atoms with E-state index in [9.17, 15) is 9.90 Å². The maximum atomic E-state index is 12.5. The van der Waals surface area contributed by atoms with Crippen molar-refractivity contribution in [2.75, 3.05) is 39.3 Å². The lowest BCUT2D eigenvalue weighted by Crippen LogP contribution is -2.62. The van der Waals surface area contributed by atoms with Gasteiger partial charge in [0, 0.05) is 56.4 Å². The second-order valence-corrected chi connectivity index (χ2v) is 5.59. The molecule has 0 unspecified atom stereocenters. The van der Waals surface area contributed by atoms with Gasteiger partial charge >= 0.3 is 0 Å². The molecule has 2 aliphatic rings. The van der Waals surface area contributed by atoms with Gasteiger partial charge in [-0.15, -0.1) is 0 Å². The third kappa shape index (κ3) is 2.39. The van der Waals surface area contributed by atoms with Crippen LogP contribution in [0.2, 0.25) is 0 Å². The molecule has 0 atom stereocenters. The van der Waals surface area contributed by atoms with Crippen LogP contribution in [0.1, 0.15) is 15.9 Å². The van der Waals surface area contributed by atoms with Gasteiger partial charge in [0.25, 0.3) is 5.91 Å². The summed E-state index contributed by atoms with van der Waals surface area (Å²) in [6.45, 7) is 7.35. The maximum Gasteiger partial charge on any atom is 0.254 e. The molecule has 2 fully saturated rings. The zero-order valence-corrected chi connectivity index (χ0v) is 11.8. The number of nitrogens with one attached hydrogen (secondary N) is 1. The topological polar surface area (TPSA) is 55.8 Å². The highest BCUT2D eigenvalue weighted by Crippen LogP contribution is 2.21. The lowest BCUT2D eigenvalue weighted by atomic mass is 10.1. The summed E-state index contributed by atoms with van der Waals surface area (Å²) in [5.41, 5.74) is 1.28. The summed E-state index contributed by atoms with van der Waals surface area (Å²) < 4.78 is 0. The number of piperazine rings is 1. The molecule has 1 aromatic carbocycles. The Labute approximate surface area is 119 Å². The standard InChI is InChI=1S/C15H21N3O2/c1-11-13(3-2-4-14(11)19)15(20)18-7-5-17(6-8-18)12-9-16-10-12/h2-4,12,16,19H,5-10H2,1H3. The number of aromatic hydroxyl groups is 1. The van der Waals surface area contributed by atoms with E-state index in [-0.39, 0.29) is 11.7 Å². The van der Waals surface area contributed by atoms with Gasteiger partial charge in [0.1, 0.15) is 5.75 Å². The van der Waals surface area contributed by atoms with Gasteiger partial charge in [-0.3, -0.25) is 9.69 Å². The average Bonchev–Trinajstić information content (AvgIpc) is 2.40. The van der Waals surface area contributed by atoms with Crippen LogP contribution in [0.3, 0.4) is 0 Å². The zero-order valence-electron chi connectivity index (χ0n) is 11.8. The second-order valence-electron chi connectivity index (χ2n) is 5.59. The van der Waals surface area contributed by atoms with Crippen LogP contribution >= 0.6 is 0 Å². The van der Waals surface area contributed by atoms with Crippen molar-refractivity contribution in [1.29, 1.82) is 0 Å². The van der Waals surface area contributed by atoms with E-state index in [1.165, 1.54) is 0 Å². The highest BCUT2D eigenvalue weighted by Gasteiger charge is 2.29. The van der Waals surface area contributed by atoms with Gasteiger partial charge in [0.2, 0.25) is 0 Å². The SMILES string of the molecule is Cc1c(O)cccc1C(=O)N1CCN(C2CNC2)CC1. The lowest BCUT2D eigenvalue weighted by Gasteiger charge is -2.43. The molecule has 0 radical (unpaired) electrons. The number of nitrogens with zero attached hydrogens (tertiary/aromatic N) is 2. The number of benzene rings is 1. The van der Waals surface area contributed by atoms with E-state index >= 15 is 0 Å². The number of rotatable bonds is 2. The number of phenols is 1. The lowest BCUT2D eigenvalue weighted by molar-refractivity contribution is 0.0501. The van der Waals surface area contributed by atoms with Crippen LogP contribution in [-0.4, -0.2) is 66.1 Å². The molecule has 5 nitrogen and oxygen atoms in total. The predicted octanol–water partition coefficient (Wildman–Crippen LogP) is 0.430. The van der Waals surface area contributed by atoms with Crippen molar-refractivity contribution in [2.45, 2.75) is 13.0 Å². The smallest absolute Gasteiger partial charge is 0.254 e. The molecule has 2 saturated heterocycles. The van der Waals surface area contributed by atoms with E-state index in [0.29, 0.717) is 17.2 Å². The molecule has 2 aliphatic heterocycles. The highest BCUT2D eigenvalue weighted by molar-refractivity contribution is 5.96. The van der Waals surface area contributed by atoms with Crippen LogP contribution in [0.15, 0.2) is 18.2 Å². The number of hydrogen-bond donors (Lipinski definition) is 2. The zero-order chi connectivity index (χ0) is 14.1.